The van der Waals surface area contributed by atoms with Crippen molar-refractivity contribution in [3.05, 3.63) is 29.3 Å². The van der Waals surface area contributed by atoms with Gasteiger partial charge >= 0.3 is 0 Å². The van der Waals surface area contributed by atoms with E-state index < -0.39 is 0 Å². The van der Waals surface area contributed by atoms with Crippen LogP contribution in [0, 0.1) is 13.8 Å². The average Bonchev–Trinajstić information content (AvgIpc) is 2.73. The van der Waals surface area contributed by atoms with Crippen LogP contribution in [0.5, 0.6) is 0 Å². The first-order valence-electron chi connectivity index (χ1n) is 4.92. The largest absolute Gasteiger partial charge is 0.258 e. The maximum atomic E-state index is 4.22. The summed E-state index contributed by atoms with van der Waals surface area (Å²) in [5, 5.41) is 9.16. The van der Waals surface area contributed by atoms with Crippen LogP contribution in [-0.4, -0.2) is 17.5 Å². The number of hydrogen-bond acceptors (Lipinski definition) is 4. The molecule has 78 valence electrons. The summed E-state index contributed by atoms with van der Waals surface area (Å²) in [6.45, 7) is 5.01. The molecule has 1 aliphatic heterocycles. The van der Waals surface area contributed by atoms with Gasteiger partial charge in [-0.25, -0.2) is 0 Å². The van der Waals surface area contributed by atoms with Gasteiger partial charge in [-0.15, -0.1) is 10.2 Å². The summed E-state index contributed by atoms with van der Waals surface area (Å²) < 4.78 is 0. The minimum atomic E-state index is 0.802. The third kappa shape index (κ3) is 2.45. The van der Waals surface area contributed by atoms with Crippen LogP contribution in [-0.2, 0) is 0 Å². The molecule has 0 spiro atoms. The number of amidine groups is 1. The first-order chi connectivity index (χ1) is 7.27. The van der Waals surface area contributed by atoms with Gasteiger partial charge in [0.25, 0.3) is 0 Å². The number of azo groups is 1. The zero-order valence-electron chi connectivity index (χ0n) is 8.90. The van der Waals surface area contributed by atoms with Gasteiger partial charge in [0.15, 0.2) is 0 Å². The zero-order valence-corrected chi connectivity index (χ0v) is 9.71. The molecule has 1 heterocycles. The Morgan fingerprint density at radius 1 is 1.27 bits per heavy atom. The molecule has 0 fully saturated rings. The van der Waals surface area contributed by atoms with Gasteiger partial charge < -0.3 is 0 Å². The Labute approximate surface area is 93.7 Å². The van der Waals surface area contributed by atoms with Crippen LogP contribution < -0.4 is 0 Å². The third-order valence-electron chi connectivity index (χ3n) is 2.39. The van der Waals surface area contributed by atoms with E-state index in [-0.39, 0.29) is 0 Å². The van der Waals surface area contributed by atoms with Crippen LogP contribution in [0.1, 0.15) is 11.1 Å². The lowest BCUT2D eigenvalue weighted by atomic mass is 10.1. The fourth-order valence-corrected chi connectivity index (χ4v) is 1.97. The number of aryl methyl sites for hydroxylation is 1. The molecule has 1 aromatic rings. The third-order valence-corrected chi connectivity index (χ3v) is 3.24. The topological polar surface area (TPSA) is 37.1 Å². The van der Waals surface area contributed by atoms with Gasteiger partial charge in [-0.2, -0.15) is 0 Å². The molecule has 0 N–H and O–H groups in total. The van der Waals surface area contributed by atoms with Crippen molar-refractivity contribution in [3.8, 4) is 0 Å². The Morgan fingerprint density at radius 3 is 2.87 bits per heavy atom. The quantitative estimate of drug-likeness (QED) is 0.666. The van der Waals surface area contributed by atoms with Crippen LogP contribution in [0.3, 0.4) is 0 Å². The lowest BCUT2D eigenvalue weighted by Crippen LogP contribution is -1.82. The number of hydrogen-bond donors (Lipinski definition) is 0. The zero-order chi connectivity index (χ0) is 10.7. The van der Waals surface area contributed by atoms with E-state index in [0.29, 0.717) is 0 Å². The highest BCUT2D eigenvalue weighted by Gasteiger charge is 2.05. The Bertz CT molecular complexity index is 424. The summed E-state index contributed by atoms with van der Waals surface area (Å²) in [6, 6.07) is 6.06. The molecular weight excluding hydrogens is 206 g/mol. The molecule has 0 unspecified atom stereocenters. The van der Waals surface area contributed by atoms with Crippen molar-refractivity contribution in [1.29, 1.82) is 0 Å². The van der Waals surface area contributed by atoms with E-state index in [0.717, 1.165) is 23.2 Å². The van der Waals surface area contributed by atoms with Gasteiger partial charge in [0, 0.05) is 5.75 Å². The predicted octanol–water partition coefficient (Wildman–Crippen LogP) is 3.49. The first-order valence-corrected chi connectivity index (χ1v) is 5.91. The average molecular weight is 219 g/mol. The van der Waals surface area contributed by atoms with Crippen molar-refractivity contribution in [1.82, 2.24) is 0 Å². The van der Waals surface area contributed by atoms with E-state index in [2.05, 4.69) is 35.1 Å². The molecule has 3 nitrogen and oxygen atoms in total. The van der Waals surface area contributed by atoms with Gasteiger partial charge in [-0.3, -0.25) is 4.99 Å². The lowest BCUT2D eigenvalue weighted by Gasteiger charge is -2.01. The number of nitrogens with zero attached hydrogens (tertiary/aromatic N) is 3. The van der Waals surface area contributed by atoms with Crippen LogP contribution in [0.4, 0.5) is 5.69 Å². The van der Waals surface area contributed by atoms with Crippen molar-refractivity contribution in [2.75, 3.05) is 12.3 Å². The molecule has 1 aliphatic rings. The van der Waals surface area contributed by atoms with E-state index in [4.69, 9.17) is 0 Å². The van der Waals surface area contributed by atoms with Crippen molar-refractivity contribution in [3.63, 3.8) is 0 Å². The Morgan fingerprint density at radius 2 is 2.13 bits per heavy atom. The van der Waals surface area contributed by atoms with Crippen LogP contribution in [0.15, 0.2) is 33.4 Å². The smallest absolute Gasteiger partial charge is 0.204 e. The minimum absolute atomic E-state index is 0.802. The summed E-state index contributed by atoms with van der Waals surface area (Å²) in [5.74, 6) is 1.03. The minimum Gasteiger partial charge on any atom is -0.258 e. The molecule has 0 bridgehead atoms. The fraction of sp³-hybridized carbons (Fsp3) is 0.364. The SMILES string of the molecule is Cc1cccc(/N=N/C2=NCCS2)c1C. The summed E-state index contributed by atoms with van der Waals surface area (Å²) in [5.41, 5.74) is 3.36. The molecule has 4 heteroatoms. The van der Waals surface area contributed by atoms with E-state index in [1.807, 2.05) is 12.1 Å². The van der Waals surface area contributed by atoms with Crippen molar-refractivity contribution in [2.24, 2.45) is 15.2 Å². The lowest BCUT2D eigenvalue weighted by molar-refractivity contribution is 1.15. The highest BCUT2D eigenvalue weighted by atomic mass is 32.2. The summed E-state index contributed by atoms with van der Waals surface area (Å²) in [4.78, 5) is 4.22. The second-order valence-corrected chi connectivity index (χ2v) is 4.49. The Kier molecular flexibility index (Phi) is 3.16. The van der Waals surface area contributed by atoms with Crippen molar-refractivity contribution < 1.29 is 0 Å². The van der Waals surface area contributed by atoms with Gasteiger partial charge in [-0.1, -0.05) is 23.9 Å². The molecular formula is C11H13N3S. The van der Waals surface area contributed by atoms with Crippen molar-refractivity contribution in [2.45, 2.75) is 13.8 Å². The molecule has 15 heavy (non-hydrogen) atoms. The summed E-state index contributed by atoms with van der Waals surface area (Å²) in [6.07, 6.45) is 0. The Balaban J connectivity index is 2.20. The van der Waals surface area contributed by atoms with Crippen LogP contribution >= 0.6 is 11.8 Å². The molecule has 0 radical (unpaired) electrons. The van der Waals surface area contributed by atoms with E-state index >= 15 is 0 Å². The maximum absolute atomic E-state index is 4.22. The number of thioether (sulfide) groups is 1. The number of rotatable bonds is 1. The normalized spacial score (nSPS) is 16.0. The van der Waals surface area contributed by atoms with Gasteiger partial charge in [0.1, 0.15) is 0 Å². The highest BCUT2D eigenvalue weighted by molar-refractivity contribution is 8.14. The molecule has 0 atom stereocenters. The summed E-state index contributed by atoms with van der Waals surface area (Å²) in [7, 11) is 0. The highest BCUT2D eigenvalue weighted by Crippen LogP contribution is 2.23. The Hall–Kier alpha value is -1.16. The first kappa shape index (κ1) is 10.4. The second kappa shape index (κ2) is 4.57. The van der Waals surface area contributed by atoms with Crippen molar-refractivity contribution >= 4 is 22.6 Å². The van der Waals surface area contributed by atoms with E-state index in [1.165, 1.54) is 11.1 Å². The molecule has 1 aromatic carbocycles. The van der Waals surface area contributed by atoms with E-state index in [1.54, 1.807) is 11.8 Å². The van der Waals surface area contributed by atoms with E-state index in [9.17, 15) is 0 Å². The molecule has 2 rings (SSSR count). The molecule has 0 aromatic heterocycles. The number of benzene rings is 1. The maximum Gasteiger partial charge on any atom is 0.204 e. The van der Waals surface area contributed by atoms with Gasteiger partial charge in [-0.05, 0) is 31.0 Å². The standard InChI is InChI=1S/C11H13N3S/c1-8-4-3-5-10(9(8)2)13-14-11-12-6-7-15-11/h3-5H,6-7H2,1-2H3/b14-13+. The second-order valence-electron chi connectivity index (χ2n) is 3.43. The fourth-order valence-electron chi connectivity index (χ4n) is 1.32. The molecule has 0 saturated heterocycles. The van der Waals surface area contributed by atoms with Gasteiger partial charge in [0.2, 0.25) is 5.17 Å². The molecule has 0 aliphatic carbocycles. The van der Waals surface area contributed by atoms with Gasteiger partial charge in [0.05, 0.1) is 12.2 Å². The monoisotopic (exact) mass is 219 g/mol. The number of aliphatic imine (C=N–C) groups is 1. The molecule has 0 saturated carbocycles. The van der Waals surface area contributed by atoms with Crippen LogP contribution in [0.25, 0.3) is 0 Å². The molecule has 0 amide bonds. The van der Waals surface area contributed by atoms with Crippen LogP contribution in [0.2, 0.25) is 0 Å². The predicted molar refractivity (Wildman–Crippen MR) is 65.2 cm³/mol. The summed E-state index contributed by atoms with van der Waals surface area (Å²) >= 11 is 1.66.